The maximum absolute atomic E-state index is 3.15. The standard InChI is InChI=1S/C11H18N2/c1-9-7-10(8-12-2)5-6-11(9)13(3)4/h5-7,12H,8H2,1-4H3. The van der Waals surface area contributed by atoms with Crippen LogP contribution in [0.1, 0.15) is 11.1 Å². The number of anilines is 1. The average Bonchev–Trinajstić information content (AvgIpc) is 2.04. The molecule has 0 amide bonds. The highest BCUT2D eigenvalue weighted by Crippen LogP contribution is 2.18. The molecule has 0 saturated carbocycles. The van der Waals surface area contributed by atoms with E-state index in [-0.39, 0.29) is 0 Å². The topological polar surface area (TPSA) is 15.3 Å². The number of aryl methyl sites for hydroxylation is 1. The maximum Gasteiger partial charge on any atom is 0.0390 e. The molecule has 0 fully saturated rings. The molecule has 0 aromatic heterocycles. The lowest BCUT2D eigenvalue weighted by atomic mass is 10.1. The van der Waals surface area contributed by atoms with E-state index in [1.807, 2.05) is 7.05 Å². The predicted molar refractivity (Wildman–Crippen MR) is 58.3 cm³/mol. The molecule has 72 valence electrons. The second kappa shape index (κ2) is 4.28. The Labute approximate surface area is 80.6 Å². The molecule has 0 heterocycles. The van der Waals surface area contributed by atoms with Crippen molar-refractivity contribution in [2.45, 2.75) is 13.5 Å². The van der Waals surface area contributed by atoms with Crippen LogP contribution in [0.5, 0.6) is 0 Å². The summed E-state index contributed by atoms with van der Waals surface area (Å²) in [6.45, 7) is 3.09. The molecule has 0 bridgehead atoms. The Morgan fingerprint density at radius 2 is 2.00 bits per heavy atom. The summed E-state index contributed by atoms with van der Waals surface area (Å²) in [6.07, 6.45) is 0. The van der Waals surface area contributed by atoms with E-state index in [4.69, 9.17) is 0 Å². The second-order valence-corrected chi connectivity index (χ2v) is 3.55. The van der Waals surface area contributed by atoms with Crippen molar-refractivity contribution in [2.75, 3.05) is 26.0 Å². The summed E-state index contributed by atoms with van der Waals surface area (Å²) in [5.41, 5.74) is 3.96. The highest BCUT2D eigenvalue weighted by atomic mass is 15.1. The summed E-state index contributed by atoms with van der Waals surface area (Å²) in [4.78, 5) is 2.14. The minimum Gasteiger partial charge on any atom is -0.377 e. The van der Waals surface area contributed by atoms with E-state index >= 15 is 0 Å². The van der Waals surface area contributed by atoms with Gasteiger partial charge >= 0.3 is 0 Å². The normalized spacial score (nSPS) is 10.2. The minimum absolute atomic E-state index is 0.939. The summed E-state index contributed by atoms with van der Waals surface area (Å²) in [6, 6.07) is 6.56. The molecule has 0 aliphatic rings. The van der Waals surface area contributed by atoms with Gasteiger partial charge in [0.25, 0.3) is 0 Å². The zero-order valence-electron chi connectivity index (χ0n) is 8.89. The van der Waals surface area contributed by atoms with Gasteiger partial charge < -0.3 is 10.2 Å². The van der Waals surface area contributed by atoms with Crippen LogP contribution < -0.4 is 10.2 Å². The first-order valence-corrected chi connectivity index (χ1v) is 4.56. The van der Waals surface area contributed by atoms with Gasteiger partial charge in [0.1, 0.15) is 0 Å². The van der Waals surface area contributed by atoms with Gasteiger partial charge in [0.2, 0.25) is 0 Å². The molecule has 0 spiro atoms. The maximum atomic E-state index is 3.15. The van der Waals surface area contributed by atoms with Crippen LogP contribution in [0.25, 0.3) is 0 Å². The molecule has 1 aromatic carbocycles. The Morgan fingerprint density at radius 1 is 1.31 bits per heavy atom. The Hall–Kier alpha value is -1.02. The van der Waals surface area contributed by atoms with E-state index in [2.05, 4.69) is 49.4 Å². The summed E-state index contributed by atoms with van der Waals surface area (Å²) >= 11 is 0. The lowest BCUT2D eigenvalue weighted by Crippen LogP contribution is -2.11. The molecule has 2 nitrogen and oxygen atoms in total. The SMILES string of the molecule is CNCc1ccc(N(C)C)c(C)c1. The van der Waals surface area contributed by atoms with Crippen LogP contribution in [0.3, 0.4) is 0 Å². The monoisotopic (exact) mass is 178 g/mol. The van der Waals surface area contributed by atoms with E-state index in [0.717, 1.165) is 6.54 Å². The molecule has 13 heavy (non-hydrogen) atoms. The summed E-state index contributed by atoms with van der Waals surface area (Å²) in [5.74, 6) is 0. The predicted octanol–water partition coefficient (Wildman–Crippen LogP) is 1.78. The molecule has 0 saturated heterocycles. The minimum atomic E-state index is 0.939. The van der Waals surface area contributed by atoms with Gasteiger partial charge in [0.05, 0.1) is 0 Å². The van der Waals surface area contributed by atoms with Crippen molar-refractivity contribution in [3.05, 3.63) is 29.3 Å². The first kappa shape index (κ1) is 10.1. The molecule has 1 rings (SSSR count). The van der Waals surface area contributed by atoms with Crippen molar-refractivity contribution < 1.29 is 0 Å². The molecule has 0 radical (unpaired) electrons. The fourth-order valence-electron chi connectivity index (χ4n) is 1.53. The zero-order valence-corrected chi connectivity index (χ0v) is 8.89. The van der Waals surface area contributed by atoms with Crippen LogP contribution in [0.2, 0.25) is 0 Å². The first-order chi connectivity index (χ1) is 6.15. The van der Waals surface area contributed by atoms with Gasteiger partial charge in [0, 0.05) is 26.3 Å². The Kier molecular flexibility index (Phi) is 3.32. The molecule has 1 N–H and O–H groups in total. The van der Waals surface area contributed by atoms with Crippen LogP contribution >= 0.6 is 0 Å². The average molecular weight is 178 g/mol. The van der Waals surface area contributed by atoms with E-state index in [1.165, 1.54) is 16.8 Å². The zero-order chi connectivity index (χ0) is 9.84. The molecule has 0 aliphatic carbocycles. The third kappa shape index (κ3) is 2.46. The summed E-state index contributed by atoms with van der Waals surface area (Å²) < 4.78 is 0. The molecule has 0 aliphatic heterocycles. The van der Waals surface area contributed by atoms with Crippen LogP contribution in [-0.4, -0.2) is 21.1 Å². The Morgan fingerprint density at radius 3 is 2.46 bits per heavy atom. The van der Waals surface area contributed by atoms with E-state index in [0.29, 0.717) is 0 Å². The fourth-order valence-corrected chi connectivity index (χ4v) is 1.53. The van der Waals surface area contributed by atoms with Crippen LogP contribution in [0.4, 0.5) is 5.69 Å². The van der Waals surface area contributed by atoms with Gasteiger partial charge in [0.15, 0.2) is 0 Å². The number of nitrogens with zero attached hydrogens (tertiary/aromatic N) is 1. The molecule has 0 unspecified atom stereocenters. The van der Waals surface area contributed by atoms with Crippen LogP contribution in [0, 0.1) is 6.92 Å². The van der Waals surface area contributed by atoms with Gasteiger partial charge in [-0.15, -0.1) is 0 Å². The van der Waals surface area contributed by atoms with Gasteiger partial charge in [-0.25, -0.2) is 0 Å². The van der Waals surface area contributed by atoms with Crippen molar-refractivity contribution >= 4 is 5.69 Å². The smallest absolute Gasteiger partial charge is 0.0390 e. The number of hydrogen-bond acceptors (Lipinski definition) is 2. The summed E-state index contributed by atoms with van der Waals surface area (Å²) in [5, 5.41) is 3.15. The number of hydrogen-bond donors (Lipinski definition) is 1. The van der Waals surface area contributed by atoms with Gasteiger partial charge in [-0.3, -0.25) is 0 Å². The Bertz CT molecular complexity index is 279. The lowest BCUT2D eigenvalue weighted by molar-refractivity contribution is 0.817. The van der Waals surface area contributed by atoms with Gasteiger partial charge in [-0.05, 0) is 31.2 Å². The fraction of sp³-hybridized carbons (Fsp3) is 0.455. The third-order valence-electron chi connectivity index (χ3n) is 2.12. The van der Waals surface area contributed by atoms with Crippen molar-refractivity contribution in [1.29, 1.82) is 0 Å². The third-order valence-corrected chi connectivity index (χ3v) is 2.12. The van der Waals surface area contributed by atoms with E-state index < -0.39 is 0 Å². The number of benzene rings is 1. The second-order valence-electron chi connectivity index (χ2n) is 3.55. The molecular weight excluding hydrogens is 160 g/mol. The molecule has 0 atom stereocenters. The lowest BCUT2D eigenvalue weighted by Gasteiger charge is -2.16. The first-order valence-electron chi connectivity index (χ1n) is 4.56. The van der Waals surface area contributed by atoms with E-state index in [9.17, 15) is 0 Å². The summed E-state index contributed by atoms with van der Waals surface area (Å²) in [7, 11) is 6.11. The van der Waals surface area contributed by atoms with Crippen LogP contribution in [-0.2, 0) is 6.54 Å². The molecular formula is C11H18N2. The molecule has 2 heteroatoms. The number of rotatable bonds is 3. The van der Waals surface area contributed by atoms with Gasteiger partial charge in [-0.2, -0.15) is 0 Å². The largest absolute Gasteiger partial charge is 0.377 e. The molecule has 1 aromatic rings. The Balaban J connectivity index is 2.92. The van der Waals surface area contributed by atoms with Crippen molar-refractivity contribution in [3.63, 3.8) is 0 Å². The van der Waals surface area contributed by atoms with Crippen molar-refractivity contribution in [1.82, 2.24) is 5.32 Å². The van der Waals surface area contributed by atoms with Crippen molar-refractivity contribution in [2.24, 2.45) is 0 Å². The quantitative estimate of drug-likeness (QED) is 0.759. The number of nitrogens with one attached hydrogen (secondary N) is 1. The van der Waals surface area contributed by atoms with E-state index in [1.54, 1.807) is 0 Å². The highest BCUT2D eigenvalue weighted by Gasteiger charge is 2.00. The van der Waals surface area contributed by atoms with Crippen LogP contribution in [0.15, 0.2) is 18.2 Å². The van der Waals surface area contributed by atoms with Gasteiger partial charge in [-0.1, -0.05) is 12.1 Å². The van der Waals surface area contributed by atoms with Crippen molar-refractivity contribution in [3.8, 4) is 0 Å². The highest BCUT2D eigenvalue weighted by molar-refractivity contribution is 5.53.